The fourth-order valence-corrected chi connectivity index (χ4v) is 11.1. The van der Waals surface area contributed by atoms with Gasteiger partial charge in [-0.05, 0) is 131 Å². The van der Waals surface area contributed by atoms with Crippen LogP contribution in [0.4, 0.5) is 45.5 Å². The standard InChI is InChI=1S/C53H56BN3/c1-35-33-37(51(5,6)7)25-30-44(35)55(39-26-23-36(24-27-39)50(2,3)4)40-28-29-42-47(34-40)56(38-17-11-10-12-18-38)45-21-16-22-46-48(45)54(42)43-20-15-19-41-49(43)57(46)53(9)32-14-13-31-52(41,53)8/h10-12,15-30,33-34H,13-14,31-32H2,1-9H3. The number of para-hydroxylation sites is 2. The highest BCUT2D eigenvalue weighted by Crippen LogP contribution is 2.61. The highest BCUT2D eigenvalue weighted by atomic mass is 15.3. The Morgan fingerprint density at radius 3 is 1.98 bits per heavy atom. The summed E-state index contributed by atoms with van der Waals surface area (Å²) in [6.45, 7) is 21.3. The number of fused-ring (bicyclic) bond motifs is 7. The fourth-order valence-electron chi connectivity index (χ4n) is 11.1. The summed E-state index contributed by atoms with van der Waals surface area (Å²) in [5.74, 6) is 0. The molecule has 0 N–H and O–H groups in total. The topological polar surface area (TPSA) is 9.72 Å². The third kappa shape index (κ3) is 5.18. The first-order valence-corrected chi connectivity index (χ1v) is 21.3. The molecule has 0 saturated heterocycles. The minimum atomic E-state index is 0.0227. The van der Waals surface area contributed by atoms with Crippen molar-refractivity contribution in [2.45, 2.75) is 110 Å². The van der Waals surface area contributed by atoms with Crippen LogP contribution in [0, 0.1) is 6.92 Å². The molecular formula is C53H56BN3. The van der Waals surface area contributed by atoms with Crippen LogP contribution in [-0.4, -0.2) is 12.3 Å². The highest BCUT2D eigenvalue weighted by Gasteiger charge is 2.61. The van der Waals surface area contributed by atoms with Crippen molar-refractivity contribution in [3.63, 3.8) is 0 Å². The van der Waals surface area contributed by atoms with Crippen LogP contribution < -0.4 is 31.1 Å². The third-order valence-corrected chi connectivity index (χ3v) is 14.4. The van der Waals surface area contributed by atoms with Crippen LogP contribution in [0.1, 0.15) is 103 Å². The average molecular weight is 746 g/mol. The van der Waals surface area contributed by atoms with Crippen LogP contribution in [0.5, 0.6) is 0 Å². The summed E-state index contributed by atoms with van der Waals surface area (Å²) in [7, 11) is 0. The normalized spacial score (nSPS) is 20.5. The van der Waals surface area contributed by atoms with E-state index >= 15 is 0 Å². The predicted molar refractivity (Wildman–Crippen MR) is 245 cm³/mol. The zero-order valence-electron chi connectivity index (χ0n) is 35.4. The van der Waals surface area contributed by atoms with Crippen LogP contribution in [-0.2, 0) is 16.2 Å². The molecule has 4 aliphatic rings. The van der Waals surface area contributed by atoms with Crippen LogP contribution in [0.3, 0.4) is 0 Å². The van der Waals surface area contributed by atoms with Gasteiger partial charge in [0.05, 0.1) is 5.54 Å². The summed E-state index contributed by atoms with van der Waals surface area (Å²) in [5, 5.41) is 0. The molecule has 0 spiro atoms. The molecule has 57 heavy (non-hydrogen) atoms. The van der Waals surface area contributed by atoms with Gasteiger partial charge in [-0.1, -0.05) is 134 Å². The van der Waals surface area contributed by atoms with Gasteiger partial charge in [-0.2, -0.15) is 0 Å². The van der Waals surface area contributed by atoms with Gasteiger partial charge >= 0.3 is 0 Å². The first-order chi connectivity index (χ1) is 27.2. The van der Waals surface area contributed by atoms with Gasteiger partial charge in [0.2, 0.25) is 0 Å². The molecular weight excluding hydrogens is 689 g/mol. The van der Waals surface area contributed by atoms with Gasteiger partial charge in [-0.25, -0.2) is 0 Å². The van der Waals surface area contributed by atoms with E-state index in [1.54, 1.807) is 5.56 Å². The van der Waals surface area contributed by atoms with Crippen molar-refractivity contribution >= 4 is 68.6 Å². The number of benzene rings is 6. The molecule has 3 aliphatic heterocycles. The molecule has 1 aliphatic carbocycles. The van der Waals surface area contributed by atoms with E-state index in [0.717, 1.165) is 11.4 Å². The minimum Gasteiger partial charge on any atom is -0.335 e. The predicted octanol–water partition coefficient (Wildman–Crippen LogP) is 12.4. The van der Waals surface area contributed by atoms with Crippen LogP contribution in [0.25, 0.3) is 0 Å². The first-order valence-electron chi connectivity index (χ1n) is 21.3. The second-order valence-electron chi connectivity index (χ2n) is 19.8. The number of hydrogen-bond acceptors (Lipinski definition) is 3. The van der Waals surface area contributed by atoms with Gasteiger partial charge in [0, 0.05) is 50.9 Å². The molecule has 0 amide bonds. The second kappa shape index (κ2) is 12.4. The lowest BCUT2D eigenvalue weighted by Crippen LogP contribution is -2.64. The van der Waals surface area contributed by atoms with E-state index in [1.165, 1.54) is 92.9 Å². The molecule has 0 aromatic heterocycles. The van der Waals surface area contributed by atoms with Gasteiger partial charge < -0.3 is 14.7 Å². The zero-order valence-corrected chi connectivity index (χ0v) is 35.4. The quantitative estimate of drug-likeness (QED) is 0.166. The van der Waals surface area contributed by atoms with Crippen molar-refractivity contribution in [1.29, 1.82) is 0 Å². The number of hydrogen-bond donors (Lipinski definition) is 0. The van der Waals surface area contributed by atoms with E-state index in [-0.39, 0.29) is 28.5 Å². The van der Waals surface area contributed by atoms with E-state index in [1.807, 2.05) is 0 Å². The fraction of sp³-hybridized carbons (Fsp3) is 0.321. The molecule has 0 bridgehead atoms. The molecule has 2 atom stereocenters. The smallest absolute Gasteiger partial charge is 0.252 e. The Morgan fingerprint density at radius 1 is 0.596 bits per heavy atom. The van der Waals surface area contributed by atoms with Crippen molar-refractivity contribution in [2.24, 2.45) is 0 Å². The molecule has 0 radical (unpaired) electrons. The summed E-state index contributed by atoms with van der Waals surface area (Å²) in [5.41, 5.74) is 20.1. The number of nitrogens with zero attached hydrogens (tertiary/aromatic N) is 3. The molecule has 1 fully saturated rings. The van der Waals surface area contributed by atoms with Gasteiger partial charge in [-0.15, -0.1) is 0 Å². The lowest BCUT2D eigenvalue weighted by atomic mass is 9.33. The van der Waals surface area contributed by atoms with E-state index in [9.17, 15) is 0 Å². The SMILES string of the molecule is Cc1cc(C(C)(C)C)ccc1N(c1ccc(C(C)(C)C)cc1)c1ccc2c(c1)N(c1ccccc1)c1cccc3c1B2c1cccc2c1N3C1(C)CCCCC21C. The van der Waals surface area contributed by atoms with Gasteiger partial charge in [0.15, 0.2) is 0 Å². The summed E-state index contributed by atoms with van der Waals surface area (Å²) in [6.07, 6.45) is 5.01. The summed E-state index contributed by atoms with van der Waals surface area (Å²) < 4.78 is 0. The van der Waals surface area contributed by atoms with E-state index in [4.69, 9.17) is 0 Å². The molecule has 6 aromatic carbocycles. The van der Waals surface area contributed by atoms with Crippen molar-refractivity contribution in [2.75, 3.05) is 14.7 Å². The Kier molecular flexibility index (Phi) is 7.86. The number of rotatable bonds is 4. The van der Waals surface area contributed by atoms with Crippen molar-refractivity contribution in [1.82, 2.24) is 0 Å². The van der Waals surface area contributed by atoms with E-state index < -0.39 is 0 Å². The van der Waals surface area contributed by atoms with Crippen molar-refractivity contribution in [3.8, 4) is 0 Å². The molecule has 3 nitrogen and oxygen atoms in total. The number of aryl methyl sites for hydroxylation is 1. The highest BCUT2D eigenvalue weighted by molar-refractivity contribution is 7.00. The van der Waals surface area contributed by atoms with E-state index in [0.29, 0.717) is 0 Å². The molecule has 286 valence electrons. The average Bonchev–Trinajstić information content (AvgIpc) is 3.40. The van der Waals surface area contributed by atoms with Crippen LogP contribution >= 0.6 is 0 Å². The van der Waals surface area contributed by atoms with Crippen LogP contribution in [0.15, 0.2) is 127 Å². The molecule has 10 rings (SSSR count). The first kappa shape index (κ1) is 36.1. The van der Waals surface area contributed by atoms with Gasteiger partial charge in [-0.3, -0.25) is 0 Å². The Bertz CT molecular complexity index is 2560. The summed E-state index contributed by atoms with van der Waals surface area (Å²) in [6, 6.07) is 49.1. The molecule has 6 aromatic rings. The maximum Gasteiger partial charge on any atom is 0.252 e. The number of anilines is 8. The maximum absolute atomic E-state index is 2.81. The molecule has 3 heterocycles. The second-order valence-corrected chi connectivity index (χ2v) is 19.8. The summed E-state index contributed by atoms with van der Waals surface area (Å²) >= 11 is 0. The summed E-state index contributed by atoms with van der Waals surface area (Å²) in [4.78, 5) is 7.85. The molecule has 4 heteroatoms. The van der Waals surface area contributed by atoms with Crippen molar-refractivity contribution < 1.29 is 0 Å². The Labute approximate surface area is 341 Å². The Balaban J connectivity index is 1.22. The van der Waals surface area contributed by atoms with Crippen molar-refractivity contribution in [3.05, 3.63) is 150 Å². The molecule has 2 unspecified atom stereocenters. The lowest BCUT2D eigenvalue weighted by molar-refractivity contribution is 0.195. The molecule has 1 saturated carbocycles. The van der Waals surface area contributed by atoms with Gasteiger partial charge in [0.25, 0.3) is 6.71 Å². The Hall–Kier alpha value is -5.22. The minimum absolute atomic E-state index is 0.0227. The third-order valence-electron chi connectivity index (χ3n) is 14.4. The maximum atomic E-state index is 2.81. The zero-order chi connectivity index (χ0) is 39.6. The van der Waals surface area contributed by atoms with Gasteiger partial charge in [0.1, 0.15) is 0 Å². The Morgan fingerprint density at radius 2 is 1.26 bits per heavy atom. The monoisotopic (exact) mass is 745 g/mol. The largest absolute Gasteiger partial charge is 0.335 e. The van der Waals surface area contributed by atoms with Crippen LogP contribution in [0.2, 0.25) is 0 Å². The van der Waals surface area contributed by atoms with E-state index in [2.05, 4.69) is 204 Å². The lowest BCUT2D eigenvalue weighted by Gasteiger charge is -2.52.